The van der Waals surface area contributed by atoms with Crippen molar-refractivity contribution in [3.8, 4) is 0 Å². The van der Waals surface area contributed by atoms with E-state index in [-0.39, 0.29) is 24.5 Å². The molecule has 0 saturated carbocycles. The predicted octanol–water partition coefficient (Wildman–Crippen LogP) is 2.78. The second-order valence-corrected chi connectivity index (χ2v) is 7.07. The van der Waals surface area contributed by atoms with Gasteiger partial charge < -0.3 is 15.3 Å². The number of benzene rings is 1. The number of nitrogens with zero attached hydrogens (tertiary/aromatic N) is 1. The fraction of sp³-hybridized carbons (Fsp3) is 0.562. The van der Waals surface area contributed by atoms with Crippen molar-refractivity contribution in [3.05, 3.63) is 29.6 Å². The van der Waals surface area contributed by atoms with Crippen LogP contribution in [0.5, 0.6) is 0 Å². The van der Waals surface area contributed by atoms with Crippen molar-refractivity contribution in [2.24, 2.45) is 5.92 Å². The first-order valence-corrected chi connectivity index (χ1v) is 8.74. The lowest BCUT2D eigenvalue weighted by Crippen LogP contribution is -2.46. The third kappa shape index (κ3) is 3.38. The van der Waals surface area contributed by atoms with Crippen LogP contribution in [0, 0.1) is 11.7 Å². The summed E-state index contributed by atoms with van der Waals surface area (Å²) < 4.78 is 13.5. The zero-order chi connectivity index (χ0) is 15.5. The smallest absolute Gasteiger partial charge is 0.317 e. The van der Waals surface area contributed by atoms with E-state index in [0.29, 0.717) is 19.0 Å². The summed E-state index contributed by atoms with van der Waals surface area (Å²) >= 11 is 1.71. The molecule has 4 nitrogen and oxygen atoms in total. The number of hydrogen-bond donors (Lipinski definition) is 2. The van der Waals surface area contributed by atoms with E-state index in [2.05, 4.69) is 5.32 Å². The summed E-state index contributed by atoms with van der Waals surface area (Å²) in [5, 5.41) is 12.2. The second kappa shape index (κ2) is 6.87. The first-order valence-electron chi connectivity index (χ1n) is 7.76. The predicted molar refractivity (Wildman–Crippen MR) is 84.4 cm³/mol. The lowest BCUT2D eigenvalue weighted by molar-refractivity contribution is 0.135. The van der Waals surface area contributed by atoms with Crippen molar-refractivity contribution in [3.63, 3.8) is 0 Å². The number of thioether (sulfide) groups is 1. The van der Waals surface area contributed by atoms with Gasteiger partial charge in [-0.3, -0.25) is 0 Å². The minimum absolute atomic E-state index is 0.0801. The molecule has 0 bridgehead atoms. The first kappa shape index (κ1) is 15.6. The summed E-state index contributed by atoms with van der Waals surface area (Å²) in [6, 6.07) is 4.60. The highest BCUT2D eigenvalue weighted by Gasteiger charge is 2.27. The lowest BCUT2D eigenvalue weighted by atomic mass is 9.98. The molecule has 2 N–H and O–H groups in total. The molecule has 1 atom stereocenters. The van der Waals surface area contributed by atoms with E-state index >= 15 is 0 Å². The maximum absolute atomic E-state index is 13.5. The number of likely N-dealkylation sites (tertiary alicyclic amines) is 1. The Bertz CT molecular complexity index is 547. The molecule has 2 heterocycles. The van der Waals surface area contributed by atoms with Crippen LogP contribution in [-0.2, 0) is 0 Å². The van der Waals surface area contributed by atoms with Crippen LogP contribution in [0.3, 0.4) is 0 Å². The van der Waals surface area contributed by atoms with Crippen LogP contribution in [-0.4, -0.2) is 41.5 Å². The number of amides is 2. The van der Waals surface area contributed by atoms with Crippen LogP contribution in [0.15, 0.2) is 23.1 Å². The van der Waals surface area contributed by atoms with Crippen LogP contribution < -0.4 is 5.32 Å². The van der Waals surface area contributed by atoms with Crippen LogP contribution >= 0.6 is 11.8 Å². The van der Waals surface area contributed by atoms with Crippen LogP contribution in [0.2, 0.25) is 0 Å². The van der Waals surface area contributed by atoms with Gasteiger partial charge in [0.1, 0.15) is 5.82 Å². The number of halogens is 1. The average molecular weight is 324 g/mol. The third-order valence-electron chi connectivity index (χ3n) is 4.47. The highest BCUT2D eigenvalue weighted by Crippen LogP contribution is 2.36. The van der Waals surface area contributed by atoms with Crippen molar-refractivity contribution in [1.82, 2.24) is 10.2 Å². The van der Waals surface area contributed by atoms with E-state index in [9.17, 15) is 9.18 Å². The number of urea groups is 1. The summed E-state index contributed by atoms with van der Waals surface area (Å²) in [5.41, 5.74) is 0.884. The van der Waals surface area contributed by atoms with Gasteiger partial charge in [0, 0.05) is 30.3 Å². The summed E-state index contributed by atoms with van der Waals surface area (Å²) in [5.74, 6) is 0.977. The Kier molecular flexibility index (Phi) is 4.88. The molecule has 2 aliphatic heterocycles. The summed E-state index contributed by atoms with van der Waals surface area (Å²) in [4.78, 5) is 15.3. The van der Waals surface area contributed by atoms with E-state index in [1.807, 2.05) is 0 Å². The highest BCUT2D eigenvalue weighted by molar-refractivity contribution is 7.99. The Balaban J connectivity index is 1.64. The number of carbonyl (C=O) groups is 1. The molecule has 0 radical (unpaired) electrons. The molecular formula is C16H21FN2O2S. The van der Waals surface area contributed by atoms with Crippen LogP contribution in [0.1, 0.15) is 30.9 Å². The normalized spacial score (nSPS) is 22.3. The Morgan fingerprint density at radius 3 is 2.86 bits per heavy atom. The minimum Gasteiger partial charge on any atom is -0.396 e. The third-order valence-corrected chi connectivity index (χ3v) is 5.59. The van der Waals surface area contributed by atoms with Crippen molar-refractivity contribution >= 4 is 17.8 Å². The van der Waals surface area contributed by atoms with Gasteiger partial charge in [-0.1, -0.05) is 0 Å². The van der Waals surface area contributed by atoms with Crippen molar-refractivity contribution in [2.75, 3.05) is 25.4 Å². The van der Waals surface area contributed by atoms with Gasteiger partial charge in [-0.2, -0.15) is 0 Å². The van der Waals surface area contributed by atoms with Gasteiger partial charge in [0.2, 0.25) is 0 Å². The highest BCUT2D eigenvalue weighted by atomic mass is 32.2. The molecule has 1 saturated heterocycles. The molecule has 1 unspecified atom stereocenters. The average Bonchev–Trinajstić information content (AvgIpc) is 2.55. The maximum Gasteiger partial charge on any atom is 0.317 e. The number of aliphatic hydroxyl groups is 1. The molecular weight excluding hydrogens is 303 g/mol. The zero-order valence-corrected chi connectivity index (χ0v) is 13.2. The fourth-order valence-electron chi connectivity index (χ4n) is 3.07. The molecule has 120 valence electrons. The van der Waals surface area contributed by atoms with Gasteiger partial charge >= 0.3 is 6.03 Å². The van der Waals surface area contributed by atoms with Crippen molar-refractivity contribution in [2.45, 2.75) is 30.2 Å². The van der Waals surface area contributed by atoms with Gasteiger partial charge in [-0.25, -0.2) is 9.18 Å². The molecule has 2 aliphatic rings. The zero-order valence-electron chi connectivity index (χ0n) is 12.4. The number of rotatable bonds is 2. The Hall–Kier alpha value is -1.27. The standard InChI is InChI=1S/C16H21FN2O2S/c17-12-1-2-15-13(9-12)14(5-8-22-15)18-16(21)19-6-3-11(10-20)4-7-19/h1-2,9,11,14,20H,3-8,10H2,(H,18,21). The monoisotopic (exact) mass is 324 g/mol. The Labute approximate surface area is 134 Å². The van der Waals surface area contributed by atoms with E-state index in [1.165, 1.54) is 12.1 Å². The minimum atomic E-state index is -0.260. The number of fused-ring (bicyclic) bond motifs is 1. The lowest BCUT2D eigenvalue weighted by Gasteiger charge is -2.33. The molecule has 6 heteroatoms. The van der Waals surface area contributed by atoms with E-state index in [1.54, 1.807) is 22.7 Å². The molecule has 0 aliphatic carbocycles. The number of hydrogen-bond acceptors (Lipinski definition) is 3. The van der Waals surface area contributed by atoms with Gasteiger partial charge in [0.05, 0.1) is 6.04 Å². The molecule has 1 fully saturated rings. The summed E-state index contributed by atoms with van der Waals surface area (Å²) in [7, 11) is 0. The fourth-order valence-corrected chi connectivity index (χ4v) is 4.18. The number of piperidine rings is 1. The van der Waals surface area contributed by atoms with Crippen molar-refractivity contribution in [1.29, 1.82) is 0 Å². The molecule has 3 rings (SSSR count). The van der Waals surface area contributed by atoms with E-state index in [4.69, 9.17) is 5.11 Å². The molecule has 1 aromatic carbocycles. The Morgan fingerprint density at radius 1 is 1.36 bits per heavy atom. The Morgan fingerprint density at radius 2 is 2.14 bits per heavy atom. The van der Waals surface area contributed by atoms with Gasteiger partial charge in [0.15, 0.2) is 0 Å². The quantitative estimate of drug-likeness (QED) is 0.879. The molecule has 2 amide bonds. The molecule has 0 aromatic heterocycles. The number of aliphatic hydroxyl groups excluding tert-OH is 1. The van der Waals surface area contributed by atoms with Crippen molar-refractivity contribution < 1.29 is 14.3 Å². The molecule has 22 heavy (non-hydrogen) atoms. The topological polar surface area (TPSA) is 52.6 Å². The summed E-state index contributed by atoms with van der Waals surface area (Å²) in [6.45, 7) is 1.55. The summed E-state index contributed by atoms with van der Waals surface area (Å²) in [6.07, 6.45) is 2.51. The van der Waals surface area contributed by atoms with Gasteiger partial charge in [0.25, 0.3) is 0 Å². The number of nitrogens with one attached hydrogen (secondary N) is 1. The number of carbonyl (C=O) groups excluding carboxylic acids is 1. The molecule has 1 aromatic rings. The first-order chi connectivity index (χ1) is 10.7. The largest absolute Gasteiger partial charge is 0.396 e. The van der Waals surface area contributed by atoms with Crippen LogP contribution in [0.25, 0.3) is 0 Å². The second-order valence-electron chi connectivity index (χ2n) is 5.93. The van der Waals surface area contributed by atoms with E-state index < -0.39 is 0 Å². The van der Waals surface area contributed by atoms with Gasteiger partial charge in [-0.05, 0) is 48.9 Å². The van der Waals surface area contributed by atoms with Gasteiger partial charge in [-0.15, -0.1) is 11.8 Å². The SMILES string of the molecule is O=C(NC1CCSc2ccc(F)cc21)N1CCC(CO)CC1. The molecule has 0 spiro atoms. The maximum atomic E-state index is 13.5. The van der Waals surface area contributed by atoms with Crippen LogP contribution in [0.4, 0.5) is 9.18 Å². The van der Waals surface area contributed by atoms with E-state index in [0.717, 1.165) is 35.5 Å².